The first-order valence-corrected chi connectivity index (χ1v) is 11.3. The van der Waals surface area contributed by atoms with Crippen molar-refractivity contribution < 1.29 is 23.7 Å². The van der Waals surface area contributed by atoms with Gasteiger partial charge in [-0.2, -0.15) is 0 Å². The second-order valence-corrected chi connectivity index (χ2v) is 8.32. The van der Waals surface area contributed by atoms with Crippen LogP contribution in [0.3, 0.4) is 0 Å². The summed E-state index contributed by atoms with van der Waals surface area (Å²) in [5, 5.41) is 3.07. The number of fused-ring (bicyclic) bond motifs is 1. The molecule has 1 aromatic heterocycles. The zero-order chi connectivity index (χ0) is 25.1. The van der Waals surface area contributed by atoms with Gasteiger partial charge in [-0.05, 0) is 31.0 Å². The molecule has 0 spiro atoms. The van der Waals surface area contributed by atoms with Gasteiger partial charge in [0.1, 0.15) is 6.54 Å². The Labute approximate surface area is 202 Å². The Kier molecular flexibility index (Phi) is 6.99. The second-order valence-electron chi connectivity index (χ2n) is 8.32. The number of amides is 1. The van der Waals surface area contributed by atoms with Crippen molar-refractivity contribution in [2.24, 2.45) is 0 Å². The molecule has 3 aromatic rings. The number of ether oxygens (including phenoxy) is 4. The van der Waals surface area contributed by atoms with Crippen LogP contribution in [-0.2, 0) is 11.3 Å². The largest absolute Gasteiger partial charge is 0.493 e. The molecule has 0 aliphatic heterocycles. The van der Waals surface area contributed by atoms with E-state index in [9.17, 15) is 14.4 Å². The first kappa shape index (κ1) is 24.2. The van der Waals surface area contributed by atoms with Crippen LogP contribution in [-0.4, -0.2) is 43.5 Å². The number of carbonyl (C=O) groups is 1. The fourth-order valence-corrected chi connectivity index (χ4v) is 4.61. The zero-order valence-corrected chi connectivity index (χ0v) is 20.3. The van der Waals surface area contributed by atoms with Crippen molar-refractivity contribution in [2.45, 2.75) is 38.3 Å². The number of hydrogen-bond acceptors (Lipinski definition) is 7. The summed E-state index contributed by atoms with van der Waals surface area (Å²) in [5.41, 5.74) is -0.138. The third-order valence-electron chi connectivity index (χ3n) is 6.34. The van der Waals surface area contributed by atoms with Crippen LogP contribution in [0.1, 0.15) is 31.7 Å². The minimum absolute atomic E-state index is 0.201. The van der Waals surface area contributed by atoms with Crippen molar-refractivity contribution in [3.63, 3.8) is 0 Å². The molecule has 0 radical (unpaired) electrons. The Bertz CT molecular complexity index is 1370. The summed E-state index contributed by atoms with van der Waals surface area (Å²) in [5.74, 6) is 1.27. The molecule has 0 bridgehead atoms. The van der Waals surface area contributed by atoms with E-state index in [-0.39, 0.29) is 18.0 Å². The number of aromatic nitrogens is 2. The van der Waals surface area contributed by atoms with Gasteiger partial charge in [-0.25, -0.2) is 4.79 Å². The van der Waals surface area contributed by atoms with Crippen molar-refractivity contribution in [1.29, 1.82) is 0 Å². The van der Waals surface area contributed by atoms with E-state index in [1.165, 1.54) is 37.6 Å². The SMILES string of the molecule is COc1ccc(NC(=O)Cn2c(=O)n(C3CCCC3)c(=O)c3cc(OC)c(OC)cc32)cc1OC. The van der Waals surface area contributed by atoms with Gasteiger partial charge in [-0.15, -0.1) is 0 Å². The second kappa shape index (κ2) is 10.1. The maximum atomic E-state index is 13.6. The minimum atomic E-state index is -0.524. The molecule has 186 valence electrons. The van der Waals surface area contributed by atoms with Gasteiger partial charge in [0.05, 0.1) is 39.3 Å². The lowest BCUT2D eigenvalue weighted by atomic mass is 10.2. The fraction of sp³-hybridized carbons (Fsp3) is 0.400. The van der Waals surface area contributed by atoms with E-state index in [4.69, 9.17) is 18.9 Å². The molecule has 0 saturated heterocycles. The molecule has 0 atom stereocenters. The number of rotatable bonds is 8. The molecule has 2 aromatic carbocycles. The van der Waals surface area contributed by atoms with Crippen LogP contribution in [0.4, 0.5) is 5.69 Å². The highest BCUT2D eigenvalue weighted by Crippen LogP contribution is 2.32. The molecular formula is C25H29N3O7. The summed E-state index contributed by atoms with van der Waals surface area (Å²) in [4.78, 5) is 40.0. The summed E-state index contributed by atoms with van der Waals surface area (Å²) < 4.78 is 23.9. The topological polar surface area (TPSA) is 110 Å². The number of nitrogens with one attached hydrogen (secondary N) is 1. The highest BCUT2D eigenvalue weighted by atomic mass is 16.5. The van der Waals surface area contributed by atoms with Gasteiger partial charge < -0.3 is 24.3 Å². The van der Waals surface area contributed by atoms with Gasteiger partial charge >= 0.3 is 5.69 Å². The van der Waals surface area contributed by atoms with E-state index in [1.807, 2.05) is 0 Å². The van der Waals surface area contributed by atoms with E-state index in [1.54, 1.807) is 30.3 Å². The van der Waals surface area contributed by atoms with Gasteiger partial charge in [0.2, 0.25) is 5.91 Å². The molecule has 1 aliphatic rings. The van der Waals surface area contributed by atoms with E-state index in [0.717, 1.165) is 25.7 Å². The lowest BCUT2D eigenvalue weighted by molar-refractivity contribution is -0.116. The number of hydrogen-bond donors (Lipinski definition) is 1. The molecular weight excluding hydrogens is 454 g/mol. The van der Waals surface area contributed by atoms with E-state index in [0.29, 0.717) is 34.2 Å². The van der Waals surface area contributed by atoms with Crippen LogP contribution in [0, 0.1) is 0 Å². The summed E-state index contributed by atoms with van der Waals surface area (Å²) in [7, 11) is 5.97. The number of nitrogens with zero attached hydrogens (tertiary/aromatic N) is 2. The van der Waals surface area contributed by atoms with Crippen LogP contribution in [0.5, 0.6) is 23.0 Å². The summed E-state index contributed by atoms with van der Waals surface area (Å²) in [6, 6.07) is 7.89. The Hall–Kier alpha value is -3.95. The highest BCUT2D eigenvalue weighted by molar-refractivity contribution is 5.92. The van der Waals surface area contributed by atoms with Crippen LogP contribution in [0.2, 0.25) is 0 Å². The number of carbonyl (C=O) groups excluding carboxylic acids is 1. The lowest BCUT2D eigenvalue weighted by Crippen LogP contribution is -2.43. The Morgan fingerprint density at radius 1 is 0.886 bits per heavy atom. The molecule has 4 rings (SSSR count). The predicted octanol–water partition coefficient (Wildman–Crippen LogP) is 2.95. The first-order chi connectivity index (χ1) is 16.9. The van der Waals surface area contributed by atoms with Crippen molar-refractivity contribution >= 4 is 22.5 Å². The van der Waals surface area contributed by atoms with E-state index >= 15 is 0 Å². The third kappa shape index (κ3) is 4.55. The molecule has 1 amide bonds. The summed E-state index contributed by atoms with van der Waals surface area (Å²) in [6.45, 7) is -0.299. The average Bonchev–Trinajstić information content (AvgIpc) is 3.40. The van der Waals surface area contributed by atoms with Crippen LogP contribution < -0.4 is 35.5 Å². The molecule has 0 unspecified atom stereocenters. The molecule has 10 heteroatoms. The van der Waals surface area contributed by atoms with Crippen molar-refractivity contribution in [2.75, 3.05) is 33.8 Å². The van der Waals surface area contributed by atoms with Crippen LogP contribution in [0.25, 0.3) is 10.9 Å². The van der Waals surface area contributed by atoms with Gasteiger partial charge in [0.15, 0.2) is 23.0 Å². The van der Waals surface area contributed by atoms with Gasteiger partial charge in [0, 0.05) is 23.9 Å². The number of anilines is 1. The van der Waals surface area contributed by atoms with Crippen molar-refractivity contribution in [3.8, 4) is 23.0 Å². The highest BCUT2D eigenvalue weighted by Gasteiger charge is 2.25. The molecule has 1 N–H and O–H groups in total. The Morgan fingerprint density at radius 2 is 1.49 bits per heavy atom. The fourth-order valence-electron chi connectivity index (χ4n) is 4.61. The van der Waals surface area contributed by atoms with Crippen LogP contribution >= 0.6 is 0 Å². The van der Waals surface area contributed by atoms with E-state index < -0.39 is 17.2 Å². The molecule has 1 fully saturated rings. The Balaban J connectivity index is 1.80. The average molecular weight is 484 g/mol. The lowest BCUT2D eigenvalue weighted by Gasteiger charge is -2.19. The quantitative estimate of drug-likeness (QED) is 0.525. The number of benzene rings is 2. The van der Waals surface area contributed by atoms with E-state index in [2.05, 4.69) is 5.32 Å². The molecule has 1 aliphatic carbocycles. The molecule has 1 heterocycles. The summed E-state index contributed by atoms with van der Waals surface area (Å²) in [6.07, 6.45) is 3.37. The third-order valence-corrected chi connectivity index (χ3v) is 6.34. The smallest absolute Gasteiger partial charge is 0.332 e. The van der Waals surface area contributed by atoms with Gasteiger partial charge in [-0.3, -0.25) is 18.7 Å². The normalized spacial score (nSPS) is 13.6. The number of methoxy groups -OCH3 is 4. The first-order valence-electron chi connectivity index (χ1n) is 11.3. The minimum Gasteiger partial charge on any atom is -0.493 e. The zero-order valence-electron chi connectivity index (χ0n) is 20.3. The Morgan fingerprint density at radius 3 is 2.11 bits per heavy atom. The molecule has 1 saturated carbocycles. The summed E-state index contributed by atoms with van der Waals surface area (Å²) >= 11 is 0. The van der Waals surface area contributed by atoms with Crippen molar-refractivity contribution in [3.05, 3.63) is 51.2 Å². The molecule has 35 heavy (non-hydrogen) atoms. The maximum absolute atomic E-state index is 13.6. The van der Waals surface area contributed by atoms with Crippen LogP contribution in [0.15, 0.2) is 39.9 Å². The monoisotopic (exact) mass is 483 g/mol. The van der Waals surface area contributed by atoms with Gasteiger partial charge in [-0.1, -0.05) is 12.8 Å². The van der Waals surface area contributed by atoms with Crippen molar-refractivity contribution in [1.82, 2.24) is 9.13 Å². The molecule has 10 nitrogen and oxygen atoms in total. The standard InChI is InChI=1S/C25H29N3O7/c1-32-19-10-9-15(11-20(19)33-2)26-23(29)14-27-18-13-22(35-4)21(34-3)12-17(18)24(30)28(25(27)31)16-7-5-6-8-16/h9-13,16H,5-8,14H2,1-4H3,(H,26,29). The predicted molar refractivity (Wildman–Crippen MR) is 131 cm³/mol. The van der Waals surface area contributed by atoms with Gasteiger partial charge in [0.25, 0.3) is 5.56 Å². The maximum Gasteiger partial charge on any atom is 0.332 e.